The van der Waals surface area contributed by atoms with Gasteiger partial charge < -0.3 is 10.1 Å². The lowest BCUT2D eigenvalue weighted by molar-refractivity contribution is 0.102. The van der Waals surface area contributed by atoms with E-state index in [2.05, 4.69) is 19.2 Å². The molecule has 116 valence electrons. The summed E-state index contributed by atoms with van der Waals surface area (Å²) in [7, 11) is 0. The van der Waals surface area contributed by atoms with Crippen LogP contribution >= 0.6 is 11.6 Å². The summed E-state index contributed by atoms with van der Waals surface area (Å²) in [6.07, 6.45) is 0.949. The van der Waals surface area contributed by atoms with Crippen LogP contribution in [0.2, 0.25) is 5.02 Å². The minimum Gasteiger partial charge on any atom is -0.493 e. The van der Waals surface area contributed by atoms with Crippen molar-refractivity contribution in [3.8, 4) is 5.75 Å². The van der Waals surface area contributed by atoms with Crippen LogP contribution in [0.25, 0.3) is 0 Å². The highest BCUT2D eigenvalue weighted by atomic mass is 35.5. The molecule has 0 spiro atoms. The lowest BCUT2D eigenvalue weighted by Gasteiger charge is -2.12. The van der Waals surface area contributed by atoms with Crippen LogP contribution in [0.5, 0.6) is 5.75 Å². The third-order valence-corrected chi connectivity index (χ3v) is 3.40. The number of carbonyl (C=O) groups is 1. The molecule has 0 fully saturated rings. The zero-order valence-electron chi connectivity index (χ0n) is 12.8. The second-order valence-electron chi connectivity index (χ2n) is 5.49. The largest absolute Gasteiger partial charge is 0.493 e. The molecule has 0 aliphatic rings. The van der Waals surface area contributed by atoms with Gasteiger partial charge in [-0.15, -0.1) is 0 Å². The van der Waals surface area contributed by atoms with Crippen molar-refractivity contribution in [1.29, 1.82) is 0 Å². The maximum Gasteiger partial charge on any atom is 0.259 e. The number of nitrogens with one attached hydrogen (secondary N) is 1. The molecule has 1 N–H and O–H groups in total. The highest BCUT2D eigenvalue weighted by Crippen LogP contribution is 2.21. The van der Waals surface area contributed by atoms with Gasteiger partial charge in [-0.2, -0.15) is 0 Å². The van der Waals surface area contributed by atoms with Crippen LogP contribution in [-0.4, -0.2) is 12.5 Å². The Morgan fingerprint density at radius 1 is 1.18 bits per heavy atom. The van der Waals surface area contributed by atoms with Gasteiger partial charge in [0, 0.05) is 10.7 Å². The number of halogens is 1. The summed E-state index contributed by atoms with van der Waals surface area (Å²) in [6.45, 7) is 4.88. The second-order valence-corrected chi connectivity index (χ2v) is 5.93. The van der Waals surface area contributed by atoms with Crippen molar-refractivity contribution in [3.63, 3.8) is 0 Å². The first-order chi connectivity index (χ1) is 10.6. The maximum absolute atomic E-state index is 12.4. The predicted molar refractivity (Wildman–Crippen MR) is 90.8 cm³/mol. The molecule has 1 amide bonds. The first-order valence-electron chi connectivity index (χ1n) is 7.35. The van der Waals surface area contributed by atoms with E-state index in [4.69, 9.17) is 16.3 Å². The summed E-state index contributed by atoms with van der Waals surface area (Å²) >= 11 is 5.93. The molecule has 0 unspecified atom stereocenters. The number of carbonyl (C=O) groups excluding carboxylic acids is 1. The third kappa shape index (κ3) is 4.78. The lowest BCUT2D eigenvalue weighted by atomic mass is 10.1. The van der Waals surface area contributed by atoms with Gasteiger partial charge in [0.1, 0.15) is 5.75 Å². The molecule has 0 aliphatic heterocycles. The molecule has 3 nitrogen and oxygen atoms in total. The number of hydrogen-bond acceptors (Lipinski definition) is 2. The smallest absolute Gasteiger partial charge is 0.259 e. The molecule has 0 saturated heterocycles. The number of rotatable bonds is 6. The quantitative estimate of drug-likeness (QED) is 0.812. The van der Waals surface area contributed by atoms with Crippen molar-refractivity contribution in [3.05, 3.63) is 59.1 Å². The Morgan fingerprint density at radius 2 is 1.95 bits per heavy atom. The minimum atomic E-state index is -0.206. The van der Waals surface area contributed by atoms with Crippen molar-refractivity contribution in [2.45, 2.75) is 20.3 Å². The van der Waals surface area contributed by atoms with E-state index in [0.29, 0.717) is 34.5 Å². The zero-order valence-corrected chi connectivity index (χ0v) is 13.6. The van der Waals surface area contributed by atoms with Crippen LogP contribution < -0.4 is 10.1 Å². The molecule has 2 aromatic rings. The summed E-state index contributed by atoms with van der Waals surface area (Å²) in [5.41, 5.74) is 1.18. The van der Waals surface area contributed by atoms with Gasteiger partial charge in [0.25, 0.3) is 5.91 Å². The molecular weight excluding hydrogens is 298 g/mol. The van der Waals surface area contributed by atoms with Gasteiger partial charge in [-0.25, -0.2) is 0 Å². The molecule has 0 heterocycles. The average Bonchev–Trinajstić information content (AvgIpc) is 2.47. The van der Waals surface area contributed by atoms with E-state index in [9.17, 15) is 4.79 Å². The topological polar surface area (TPSA) is 38.3 Å². The number of amides is 1. The third-order valence-electron chi connectivity index (χ3n) is 3.17. The lowest BCUT2D eigenvalue weighted by Crippen LogP contribution is -2.14. The van der Waals surface area contributed by atoms with Crippen LogP contribution in [-0.2, 0) is 0 Å². The number of anilines is 1. The monoisotopic (exact) mass is 317 g/mol. The van der Waals surface area contributed by atoms with E-state index < -0.39 is 0 Å². The summed E-state index contributed by atoms with van der Waals surface area (Å²) in [4.78, 5) is 12.4. The molecule has 4 heteroatoms. The van der Waals surface area contributed by atoms with Crippen molar-refractivity contribution in [2.24, 2.45) is 5.92 Å². The summed E-state index contributed by atoms with van der Waals surface area (Å²) in [5.74, 6) is 0.956. The SMILES string of the molecule is CC(C)CCOc1ccccc1C(=O)Nc1cccc(Cl)c1. The minimum absolute atomic E-state index is 0.206. The van der Waals surface area contributed by atoms with E-state index in [-0.39, 0.29) is 5.91 Å². The number of benzene rings is 2. The molecule has 0 aromatic heterocycles. The standard InChI is InChI=1S/C18H20ClNO2/c1-13(2)10-11-22-17-9-4-3-8-16(17)18(21)20-15-7-5-6-14(19)12-15/h3-9,12-13H,10-11H2,1-2H3,(H,20,21). The van der Waals surface area contributed by atoms with E-state index in [1.165, 1.54) is 0 Å². The van der Waals surface area contributed by atoms with Gasteiger partial charge in [-0.1, -0.05) is 43.6 Å². The van der Waals surface area contributed by atoms with E-state index >= 15 is 0 Å². The first-order valence-corrected chi connectivity index (χ1v) is 7.73. The molecule has 0 atom stereocenters. The molecular formula is C18H20ClNO2. The van der Waals surface area contributed by atoms with E-state index in [0.717, 1.165) is 6.42 Å². The predicted octanol–water partition coefficient (Wildman–Crippen LogP) is 5.02. The Bertz CT molecular complexity index is 640. The van der Waals surface area contributed by atoms with Gasteiger partial charge in [0.05, 0.1) is 12.2 Å². The fourth-order valence-electron chi connectivity index (χ4n) is 1.95. The van der Waals surface area contributed by atoms with Gasteiger partial charge in [0.15, 0.2) is 0 Å². The molecule has 2 rings (SSSR count). The Balaban J connectivity index is 2.09. The Kier molecular flexibility index (Phi) is 5.84. The molecule has 0 bridgehead atoms. The van der Waals surface area contributed by atoms with Crippen LogP contribution in [0.1, 0.15) is 30.6 Å². The Labute approximate surface area is 136 Å². The number of para-hydroxylation sites is 1. The number of hydrogen-bond donors (Lipinski definition) is 1. The molecule has 2 aromatic carbocycles. The van der Waals surface area contributed by atoms with Crippen molar-refractivity contribution in [2.75, 3.05) is 11.9 Å². The zero-order chi connectivity index (χ0) is 15.9. The average molecular weight is 318 g/mol. The number of ether oxygens (including phenoxy) is 1. The fraction of sp³-hybridized carbons (Fsp3) is 0.278. The van der Waals surface area contributed by atoms with Crippen LogP contribution in [0.3, 0.4) is 0 Å². The van der Waals surface area contributed by atoms with Gasteiger partial charge in [-0.3, -0.25) is 4.79 Å². The molecule has 22 heavy (non-hydrogen) atoms. The van der Waals surface area contributed by atoms with Crippen LogP contribution in [0.4, 0.5) is 5.69 Å². The van der Waals surface area contributed by atoms with Crippen LogP contribution in [0.15, 0.2) is 48.5 Å². The van der Waals surface area contributed by atoms with Gasteiger partial charge in [-0.05, 0) is 42.7 Å². The first kappa shape index (κ1) is 16.4. The Morgan fingerprint density at radius 3 is 2.68 bits per heavy atom. The van der Waals surface area contributed by atoms with Gasteiger partial charge in [0.2, 0.25) is 0 Å². The summed E-state index contributed by atoms with van der Waals surface area (Å²) in [6, 6.07) is 14.3. The summed E-state index contributed by atoms with van der Waals surface area (Å²) in [5, 5.41) is 3.42. The van der Waals surface area contributed by atoms with E-state index in [1.807, 2.05) is 18.2 Å². The van der Waals surface area contributed by atoms with Crippen molar-refractivity contribution in [1.82, 2.24) is 0 Å². The second kappa shape index (κ2) is 7.85. The highest BCUT2D eigenvalue weighted by molar-refractivity contribution is 6.31. The molecule has 0 saturated carbocycles. The van der Waals surface area contributed by atoms with Crippen molar-refractivity contribution < 1.29 is 9.53 Å². The van der Waals surface area contributed by atoms with Crippen molar-refractivity contribution >= 4 is 23.2 Å². The maximum atomic E-state index is 12.4. The Hall–Kier alpha value is -2.00. The fourth-order valence-corrected chi connectivity index (χ4v) is 2.14. The normalized spacial score (nSPS) is 10.5. The van der Waals surface area contributed by atoms with E-state index in [1.54, 1.807) is 30.3 Å². The van der Waals surface area contributed by atoms with Gasteiger partial charge >= 0.3 is 0 Å². The molecule has 0 radical (unpaired) electrons. The van der Waals surface area contributed by atoms with Crippen LogP contribution in [0, 0.1) is 5.92 Å². The highest BCUT2D eigenvalue weighted by Gasteiger charge is 2.12. The summed E-state index contributed by atoms with van der Waals surface area (Å²) < 4.78 is 5.74. The molecule has 0 aliphatic carbocycles.